The summed E-state index contributed by atoms with van der Waals surface area (Å²) in [5, 5.41) is 3.60. The van der Waals surface area contributed by atoms with E-state index in [4.69, 9.17) is 4.74 Å². The van der Waals surface area contributed by atoms with Crippen LogP contribution in [-0.4, -0.2) is 25.8 Å². The first kappa shape index (κ1) is 12.0. The Kier molecular flexibility index (Phi) is 4.39. The summed E-state index contributed by atoms with van der Waals surface area (Å²) in [5.41, 5.74) is 0.250. The Morgan fingerprint density at radius 2 is 1.86 bits per heavy atom. The highest BCUT2D eigenvalue weighted by Gasteiger charge is 2.27. The van der Waals surface area contributed by atoms with Crippen molar-refractivity contribution in [3.05, 3.63) is 0 Å². The van der Waals surface area contributed by atoms with Gasteiger partial charge in [-0.2, -0.15) is 0 Å². The number of hydrogen-bond acceptors (Lipinski definition) is 2. The van der Waals surface area contributed by atoms with Gasteiger partial charge in [-0.1, -0.05) is 6.42 Å². The minimum absolute atomic E-state index is 0.250. The summed E-state index contributed by atoms with van der Waals surface area (Å²) in [4.78, 5) is 0. The topological polar surface area (TPSA) is 21.3 Å². The minimum Gasteiger partial charge on any atom is -0.384 e. The molecular weight excluding hydrogens is 174 g/mol. The van der Waals surface area contributed by atoms with E-state index in [1.807, 2.05) is 7.11 Å². The normalized spacial score (nSPS) is 28.3. The molecule has 1 aliphatic rings. The van der Waals surface area contributed by atoms with Crippen LogP contribution in [0.4, 0.5) is 0 Å². The fourth-order valence-electron chi connectivity index (χ4n) is 2.25. The van der Waals surface area contributed by atoms with E-state index in [0.717, 1.165) is 25.0 Å². The molecule has 0 amide bonds. The SMILES string of the molecule is COCC1CCCC1CNC(C)(C)C. The summed E-state index contributed by atoms with van der Waals surface area (Å²) in [6.45, 7) is 8.78. The van der Waals surface area contributed by atoms with Gasteiger partial charge < -0.3 is 10.1 Å². The number of hydrogen-bond donors (Lipinski definition) is 1. The van der Waals surface area contributed by atoms with Gasteiger partial charge >= 0.3 is 0 Å². The van der Waals surface area contributed by atoms with Gasteiger partial charge in [-0.15, -0.1) is 0 Å². The predicted octanol–water partition coefficient (Wildman–Crippen LogP) is 2.44. The van der Waals surface area contributed by atoms with Gasteiger partial charge in [0.15, 0.2) is 0 Å². The summed E-state index contributed by atoms with van der Waals surface area (Å²) in [6, 6.07) is 0. The van der Waals surface area contributed by atoms with Crippen LogP contribution in [0.1, 0.15) is 40.0 Å². The fraction of sp³-hybridized carbons (Fsp3) is 1.00. The molecule has 84 valence electrons. The zero-order chi connectivity index (χ0) is 10.6. The Bertz CT molecular complexity index is 162. The Hall–Kier alpha value is -0.0800. The molecule has 2 nitrogen and oxygen atoms in total. The maximum absolute atomic E-state index is 5.26. The van der Waals surface area contributed by atoms with E-state index < -0.39 is 0 Å². The molecule has 1 aliphatic carbocycles. The van der Waals surface area contributed by atoms with Crippen molar-refractivity contribution in [2.24, 2.45) is 11.8 Å². The standard InChI is InChI=1S/C12H25NO/c1-12(2,3)13-8-10-6-5-7-11(10)9-14-4/h10-11,13H,5-9H2,1-4H3. The van der Waals surface area contributed by atoms with Crippen LogP contribution in [-0.2, 0) is 4.74 Å². The first-order chi connectivity index (χ1) is 6.53. The number of methoxy groups -OCH3 is 1. The quantitative estimate of drug-likeness (QED) is 0.751. The van der Waals surface area contributed by atoms with Crippen LogP contribution in [0.15, 0.2) is 0 Å². The molecule has 1 N–H and O–H groups in total. The molecule has 1 fully saturated rings. The van der Waals surface area contributed by atoms with Crippen LogP contribution in [0.2, 0.25) is 0 Å². The summed E-state index contributed by atoms with van der Waals surface area (Å²) >= 11 is 0. The number of ether oxygens (including phenoxy) is 1. The Morgan fingerprint density at radius 3 is 2.43 bits per heavy atom. The molecular formula is C12H25NO. The summed E-state index contributed by atoms with van der Waals surface area (Å²) in [7, 11) is 1.81. The third-order valence-electron chi connectivity index (χ3n) is 3.09. The van der Waals surface area contributed by atoms with Gasteiger partial charge in [-0.05, 0) is 52.0 Å². The van der Waals surface area contributed by atoms with Crippen LogP contribution in [0.3, 0.4) is 0 Å². The molecule has 14 heavy (non-hydrogen) atoms. The average molecular weight is 199 g/mol. The summed E-state index contributed by atoms with van der Waals surface area (Å²) < 4.78 is 5.26. The van der Waals surface area contributed by atoms with Crippen LogP contribution in [0.25, 0.3) is 0 Å². The Labute approximate surface area is 88.4 Å². The molecule has 0 radical (unpaired) electrons. The number of rotatable bonds is 4. The van der Waals surface area contributed by atoms with E-state index in [1.165, 1.54) is 19.3 Å². The summed E-state index contributed by atoms with van der Waals surface area (Å²) in [6.07, 6.45) is 4.10. The monoisotopic (exact) mass is 199 g/mol. The van der Waals surface area contributed by atoms with Crippen molar-refractivity contribution in [2.75, 3.05) is 20.3 Å². The molecule has 2 unspecified atom stereocenters. The van der Waals surface area contributed by atoms with Crippen molar-refractivity contribution in [3.8, 4) is 0 Å². The molecule has 2 heteroatoms. The molecule has 0 aliphatic heterocycles. The summed E-state index contributed by atoms with van der Waals surface area (Å²) in [5.74, 6) is 1.61. The van der Waals surface area contributed by atoms with E-state index in [-0.39, 0.29) is 5.54 Å². The van der Waals surface area contributed by atoms with Crippen LogP contribution >= 0.6 is 0 Å². The highest BCUT2D eigenvalue weighted by molar-refractivity contribution is 4.81. The first-order valence-corrected chi connectivity index (χ1v) is 5.77. The molecule has 0 saturated heterocycles. The average Bonchev–Trinajstić information content (AvgIpc) is 2.48. The second-order valence-corrected chi connectivity index (χ2v) is 5.54. The Balaban J connectivity index is 2.29. The molecule has 0 aromatic heterocycles. The second kappa shape index (κ2) is 5.13. The highest BCUT2D eigenvalue weighted by Crippen LogP contribution is 2.31. The van der Waals surface area contributed by atoms with Gasteiger partial charge in [0.25, 0.3) is 0 Å². The lowest BCUT2D eigenvalue weighted by molar-refractivity contribution is 0.130. The van der Waals surface area contributed by atoms with Crippen molar-refractivity contribution in [2.45, 2.75) is 45.6 Å². The zero-order valence-corrected chi connectivity index (χ0v) is 10.1. The van der Waals surface area contributed by atoms with Crippen molar-refractivity contribution < 1.29 is 4.74 Å². The van der Waals surface area contributed by atoms with Gasteiger partial charge in [0.1, 0.15) is 0 Å². The largest absolute Gasteiger partial charge is 0.384 e. The fourth-order valence-corrected chi connectivity index (χ4v) is 2.25. The van der Waals surface area contributed by atoms with E-state index in [0.29, 0.717) is 0 Å². The lowest BCUT2D eigenvalue weighted by Gasteiger charge is -2.26. The molecule has 1 rings (SSSR count). The van der Waals surface area contributed by atoms with Gasteiger partial charge in [-0.3, -0.25) is 0 Å². The van der Waals surface area contributed by atoms with Gasteiger partial charge in [-0.25, -0.2) is 0 Å². The van der Waals surface area contributed by atoms with E-state index in [2.05, 4.69) is 26.1 Å². The maximum Gasteiger partial charge on any atom is 0.0493 e. The molecule has 0 heterocycles. The van der Waals surface area contributed by atoms with Gasteiger partial charge in [0, 0.05) is 19.3 Å². The molecule has 2 atom stereocenters. The minimum atomic E-state index is 0.250. The third-order valence-corrected chi connectivity index (χ3v) is 3.09. The van der Waals surface area contributed by atoms with Gasteiger partial charge in [0.2, 0.25) is 0 Å². The van der Waals surface area contributed by atoms with E-state index in [9.17, 15) is 0 Å². The predicted molar refractivity (Wildman–Crippen MR) is 60.5 cm³/mol. The third kappa shape index (κ3) is 3.97. The van der Waals surface area contributed by atoms with Crippen molar-refractivity contribution >= 4 is 0 Å². The molecule has 1 saturated carbocycles. The van der Waals surface area contributed by atoms with Crippen molar-refractivity contribution in [1.82, 2.24) is 5.32 Å². The number of nitrogens with one attached hydrogen (secondary N) is 1. The lowest BCUT2D eigenvalue weighted by atomic mass is 9.95. The maximum atomic E-state index is 5.26. The van der Waals surface area contributed by atoms with Gasteiger partial charge in [0.05, 0.1) is 0 Å². The molecule has 0 bridgehead atoms. The molecule has 0 aromatic carbocycles. The highest BCUT2D eigenvalue weighted by atomic mass is 16.5. The molecule has 0 aromatic rings. The zero-order valence-electron chi connectivity index (χ0n) is 10.1. The molecule has 0 spiro atoms. The van der Waals surface area contributed by atoms with E-state index >= 15 is 0 Å². The van der Waals surface area contributed by atoms with Crippen molar-refractivity contribution in [3.63, 3.8) is 0 Å². The van der Waals surface area contributed by atoms with Crippen LogP contribution in [0, 0.1) is 11.8 Å². The van der Waals surface area contributed by atoms with Crippen LogP contribution in [0.5, 0.6) is 0 Å². The smallest absolute Gasteiger partial charge is 0.0493 e. The second-order valence-electron chi connectivity index (χ2n) is 5.54. The van der Waals surface area contributed by atoms with E-state index in [1.54, 1.807) is 0 Å². The Morgan fingerprint density at radius 1 is 1.21 bits per heavy atom. The first-order valence-electron chi connectivity index (χ1n) is 5.77. The lowest BCUT2D eigenvalue weighted by Crippen LogP contribution is -2.40. The van der Waals surface area contributed by atoms with Crippen LogP contribution < -0.4 is 5.32 Å². The van der Waals surface area contributed by atoms with Crippen molar-refractivity contribution in [1.29, 1.82) is 0 Å².